The summed E-state index contributed by atoms with van der Waals surface area (Å²) in [6.45, 7) is 1.53. The molecule has 0 bridgehead atoms. The average molecular weight is 318 g/mol. The largest absolute Gasteiger partial charge is 0.465 e. The molecule has 3 N–H and O–H groups in total. The molecule has 1 unspecified atom stereocenters. The zero-order valence-electron chi connectivity index (χ0n) is 11.9. The number of alkyl halides is 3. The number of carbonyl (C=O) groups is 2. The van der Waals surface area contributed by atoms with Gasteiger partial charge in [-0.3, -0.25) is 4.79 Å². The average Bonchev–Trinajstić information content (AvgIpc) is 2.44. The smallest absolute Gasteiger partial charge is 0.416 e. The first-order valence-corrected chi connectivity index (χ1v) is 6.64. The van der Waals surface area contributed by atoms with E-state index in [0.29, 0.717) is 12.1 Å². The molecule has 1 atom stereocenters. The Morgan fingerprint density at radius 3 is 2.27 bits per heavy atom. The van der Waals surface area contributed by atoms with Crippen LogP contribution in [0.15, 0.2) is 24.3 Å². The third-order valence-corrected chi connectivity index (χ3v) is 2.99. The fourth-order valence-corrected chi connectivity index (χ4v) is 1.81. The number of carbonyl (C=O) groups excluding carboxylic acids is 1. The first-order valence-electron chi connectivity index (χ1n) is 6.64. The number of anilines is 1. The van der Waals surface area contributed by atoms with Crippen LogP contribution in [0.3, 0.4) is 0 Å². The van der Waals surface area contributed by atoms with Crippen LogP contribution in [0.2, 0.25) is 0 Å². The molecule has 0 aromatic heterocycles. The van der Waals surface area contributed by atoms with Crippen LogP contribution in [0.5, 0.6) is 0 Å². The molecule has 122 valence electrons. The van der Waals surface area contributed by atoms with Gasteiger partial charge in [-0.25, -0.2) is 4.79 Å². The molecule has 8 heteroatoms. The Morgan fingerprint density at radius 1 is 1.23 bits per heavy atom. The van der Waals surface area contributed by atoms with Crippen molar-refractivity contribution in [1.29, 1.82) is 0 Å². The number of carboxylic acid groups (broad SMARTS) is 1. The number of nitrogens with one attached hydrogen (secondary N) is 2. The van der Waals surface area contributed by atoms with Gasteiger partial charge in [-0.1, -0.05) is 6.92 Å². The van der Waals surface area contributed by atoms with Crippen LogP contribution in [-0.4, -0.2) is 29.6 Å². The topological polar surface area (TPSA) is 78.4 Å². The molecule has 0 saturated carbocycles. The van der Waals surface area contributed by atoms with Gasteiger partial charge in [0.1, 0.15) is 0 Å². The molecule has 1 amide bonds. The summed E-state index contributed by atoms with van der Waals surface area (Å²) in [5, 5.41) is 13.3. The highest BCUT2D eigenvalue weighted by molar-refractivity contribution is 5.84. The number of hydrogen-bond donors (Lipinski definition) is 3. The van der Waals surface area contributed by atoms with Gasteiger partial charge in [0.05, 0.1) is 12.1 Å². The molecule has 0 radical (unpaired) electrons. The summed E-state index contributed by atoms with van der Waals surface area (Å²) in [4.78, 5) is 21.9. The standard InChI is InChI=1S/C14H17F3N2O3/c1-2-10(7-12(20)8-18-13(21)22)19-11-5-3-9(4-6-11)14(15,16)17/h3-6,10,18-19H,2,7-8H2,1H3,(H,21,22). The molecule has 1 rings (SSSR count). The molecule has 0 spiro atoms. The Labute approximate surface area is 125 Å². The maximum Gasteiger partial charge on any atom is 0.416 e. The molecule has 0 aliphatic carbocycles. The van der Waals surface area contributed by atoms with Gasteiger partial charge in [-0.2, -0.15) is 13.2 Å². The van der Waals surface area contributed by atoms with Gasteiger partial charge in [0.15, 0.2) is 5.78 Å². The van der Waals surface area contributed by atoms with Crippen molar-refractivity contribution in [3.63, 3.8) is 0 Å². The molecule has 0 heterocycles. The summed E-state index contributed by atoms with van der Waals surface area (Å²) in [6, 6.07) is 4.24. The summed E-state index contributed by atoms with van der Waals surface area (Å²) in [6.07, 6.45) is -5.02. The maximum absolute atomic E-state index is 12.5. The molecule has 0 aliphatic heterocycles. The van der Waals surface area contributed by atoms with Crippen LogP contribution in [-0.2, 0) is 11.0 Å². The number of amides is 1. The lowest BCUT2D eigenvalue weighted by Gasteiger charge is -2.18. The predicted molar refractivity (Wildman–Crippen MR) is 74.8 cm³/mol. The number of halogens is 3. The SMILES string of the molecule is CCC(CC(=O)CNC(=O)O)Nc1ccc(C(F)(F)F)cc1. The fourth-order valence-electron chi connectivity index (χ4n) is 1.81. The van der Waals surface area contributed by atoms with Crippen molar-refractivity contribution in [2.75, 3.05) is 11.9 Å². The van der Waals surface area contributed by atoms with Crippen LogP contribution in [0, 0.1) is 0 Å². The molecule has 0 fully saturated rings. The molecule has 22 heavy (non-hydrogen) atoms. The highest BCUT2D eigenvalue weighted by Crippen LogP contribution is 2.30. The Kier molecular flexibility index (Phi) is 6.21. The number of rotatable bonds is 7. The van der Waals surface area contributed by atoms with Gasteiger partial charge in [-0.15, -0.1) is 0 Å². The van der Waals surface area contributed by atoms with E-state index in [0.717, 1.165) is 12.1 Å². The summed E-state index contributed by atoms with van der Waals surface area (Å²) >= 11 is 0. The fraction of sp³-hybridized carbons (Fsp3) is 0.429. The predicted octanol–water partition coefficient (Wildman–Crippen LogP) is 3.12. The van der Waals surface area contributed by atoms with E-state index in [4.69, 9.17) is 5.11 Å². The van der Waals surface area contributed by atoms with Gasteiger partial charge in [0.2, 0.25) is 0 Å². The van der Waals surface area contributed by atoms with E-state index < -0.39 is 17.8 Å². The van der Waals surface area contributed by atoms with Crippen LogP contribution in [0.1, 0.15) is 25.3 Å². The van der Waals surface area contributed by atoms with Crippen molar-refractivity contribution in [3.05, 3.63) is 29.8 Å². The highest BCUT2D eigenvalue weighted by atomic mass is 19.4. The molecule has 0 saturated heterocycles. The van der Waals surface area contributed by atoms with Crippen LogP contribution in [0.4, 0.5) is 23.7 Å². The number of hydrogen-bond acceptors (Lipinski definition) is 3. The lowest BCUT2D eigenvalue weighted by atomic mass is 10.1. The second-order valence-electron chi connectivity index (χ2n) is 4.73. The Morgan fingerprint density at radius 2 is 1.82 bits per heavy atom. The van der Waals surface area contributed by atoms with E-state index in [1.165, 1.54) is 12.1 Å². The van der Waals surface area contributed by atoms with E-state index in [-0.39, 0.29) is 24.8 Å². The van der Waals surface area contributed by atoms with Gasteiger partial charge in [0, 0.05) is 18.2 Å². The maximum atomic E-state index is 12.5. The third kappa shape index (κ3) is 6.02. The first kappa shape index (κ1) is 17.8. The van der Waals surface area contributed by atoms with Crippen LogP contribution >= 0.6 is 0 Å². The first-order chi connectivity index (χ1) is 10.2. The summed E-state index contributed by atoms with van der Waals surface area (Å²) < 4.78 is 37.4. The summed E-state index contributed by atoms with van der Waals surface area (Å²) in [7, 11) is 0. The van der Waals surface area contributed by atoms with E-state index in [2.05, 4.69) is 5.32 Å². The third-order valence-electron chi connectivity index (χ3n) is 2.99. The summed E-state index contributed by atoms with van der Waals surface area (Å²) in [5.74, 6) is -0.298. The van der Waals surface area contributed by atoms with E-state index >= 15 is 0 Å². The second-order valence-corrected chi connectivity index (χ2v) is 4.73. The van der Waals surface area contributed by atoms with Crippen molar-refractivity contribution in [3.8, 4) is 0 Å². The lowest BCUT2D eigenvalue weighted by molar-refractivity contribution is -0.137. The highest BCUT2D eigenvalue weighted by Gasteiger charge is 2.30. The van der Waals surface area contributed by atoms with Crippen molar-refractivity contribution in [2.45, 2.75) is 32.0 Å². The van der Waals surface area contributed by atoms with Crippen molar-refractivity contribution in [2.24, 2.45) is 0 Å². The monoisotopic (exact) mass is 318 g/mol. The van der Waals surface area contributed by atoms with Crippen molar-refractivity contribution in [1.82, 2.24) is 5.32 Å². The quantitative estimate of drug-likeness (QED) is 0.722. The minimum absolute atomic E-state index is 0.0812. The van der Waals surface area contributed by atoms with Crippen LogP contribution < -0.4 is 10.6 Å². The van der Waals surface area contributed by atoms with Gasteiger partial charge >= 0.3 is 12.3 Å². The van der Waals surface area contributed by atoms with Crippen molar-refractivity contribution >= 4 is 17.6 Å². The molecular weight excluding hydrogens is 301 g/mol. The van der Waals surface area contributed by atoms with Crippen LogP contribution in [0.25, 0.3) is 0 Å². The Hall–Kier alpha value is -2.25. The van der Waals surface area contributed by atoms with Gasteiger partial charge in [0.25, 0.3) is 0 Å². The molecule has 0 aliphatic rings. The Balaban J connectivity index is 2.59. The molecule has 1 aromatic rings. The van der Waals surface area contributed by atoms with E-state index in [9.17, 15) is 22.8 Å². The Bertz CT molecular complexity index is 515. The number of ketones is 1. The molecule has 1 aromatic carbocycles. The van der Waals surface area contributed by atoms with E-state index in [1.54, 1.807) is 0 Å². The lowest BCUT2D eigenvalue weighted by Crippen LogP contribution is -2.31. The normalized spacial score (nSPS) is 12.5. The minimum atomic E-state index is -4.39. The summed E-state index contributed by atoms with van der Waals surface area (Å²) in [5.41, 5.74) is -0.272. The number of benzene rings is 1. The zero-order chi connectivity index (χ0) is 16.8. The number of Topliss-reactive ketones (excluding diaryl/α,β-unsaturated/α-hetero) is 1. The second kappa shape index (κ2) is 7.67. The van der Waals surface area contributed by atoms with E-state index in [1.807, 2.05) is 12.2 Å². The van der Waals surface area contributed by atoms with Gasteiger partial charge in [-0.05, 0) is 30.7 Å². The van der Waals surface area contributed by atoms with Gasteiger partial charge < -0.3 is 15.7 Å². The zero-order valence-corrected chi connectivity index (χ0v) is 11.9. The molecular formula is C14H17F3N2O3. The van der Waals surface area contributed by atoms with Crippen molar-refractivity contribution < 1.29 is 27.9 Å². The minimum Gasteiger partial charge on any atom is -0.465 e. The molecule has 5 nitrogen and oxygen atoms in total.